The van der Waals surface area contributed by atoms with Gasteiger partial charge in [0.2, 0.25) is 0 Å². The maximum Gasteiger partial charge on any atom is 0.126 e. The highest BCUT2D eigenvalue weighted by atomic mass is 16.5. The Kier molecular flexibility index (Phi) is 1.78. The Hall–Kier alpha value is -1.18. The van der Waals surface area contributed by atoms with Crippen molar-refractivity contribution in [2.75, 3.05) is 5.73 Å². The lowest BCUT2D eigenvalue weighted by Crippen LogP contribution is -2.24. The van der Waals surface area contributed by atoms with Crippen molar-refractivity contribution in [2.24, 2.45) is 0 Å². The Balaban J connectivity index is 2.59. The molecule has 0 atom stereocenters. The smallest absolute Gasteiger partial charge is 0.126 e. The molecule has 0 amide bonds. The van der Waals surface area contributed by atoms with Gasteiger partial charge in [0.25, 0.3) is 0 Å². The summed E-state index contributed by atoms with van der Waals surface area (Å²) in [5, 5.41) is 0. The Morgan fingerprint density at radius 1 is 1.29 bits per heavy atom. The standard InChI is InChI=1S/C12H17NO/c1-7-8(2)11-9(5-10(7)13)6-12(3,4)14-11/h5H,6,13H2,1-4H3. The molecule has 0 bridgehead atoms. The number of nitrogens with two attached hydrogens (primary N) is 1. The summed E-state index contributed by atoms with van der Waals surface area (Å²) in [5.74, 6) is 1.04. The van der Waals surface area contributed by atoms with Crippen LogP contribution in [0.15, 0.2) is 6.07 Å². The summed E-state index contributed by atoms with van der Waals surface area (Å²) in [7, 11) is 0. The fourth-order valence-electron chi connectivity index (χ4n) is 2.03. The number of nitrogen functional groups attached to an aromatic ring is 1. The first-order valence-electron chi connectivity index (χ1n) is 4.98. The van der Waals surface area contributed by atoms with Gasteiger partial charge in [0.15, 0.2) is 0 Å². The second kappa shape index (κ2) is 2.66. The highest BCUT2D eigenvalue weighted by Crippen LogP contribution is 2.40. The maximum absolute atomic E-state index is 5.93. The van der Waals surface area contributed by atoms with Crippen LogP contribution >= 0.6 is 0 Å². The van der Waals surface area contributed by atoms with Crippen LogP contribution in [0.2, 0.25) is 0 Å². The van der Waals surface area contributed by atoms with E-state index >= 15 is 0 Å². The third-order valence-electron chi connectivity index (χ3n) is 2.95. The molecule has 1 aliphatic rings. The van der Waals surface area contributed by atoms with Crippen molar-refractivity contribution in [3.63, 3.8) is 0 Å². The van der Waals surface area contributed by atoms with E-state index in [0.717, 1.165) is 23.4 Å². The summed E-state index contributed by atoms with van der Waals surface area (Å²) >= 11 is 0. The van der Waals surface area contributed by atoms with Gasteiger partial charge in [0.1, 0.15) is 11.4 Å². The van der Waals surface area contributed by atoms with Gasteiger partial charge in [-0.3, -0.25) is 0 Å². The molecule has 0 unspecified atom stereocenters. The zero-order chi connectivity index (χ0) is 10.5. The topological polar surface area (TPSA) is 35.2 Å². The van der Waals surface area contributed by atoms with E-state index in [0.29, 0.717) is 0 Å². The Morgan fingerprint density at radius 3 is 2.57 bits per heavy atom. The SMILES string of the molecule is Cc1c(N)cc2c(c1C)OC(C)(C)C2. The Morgan fingerprint density at radius 2 is 1.93 bits per heavy atom. The molecule has 1 aromatic carbocycles. The molecule has 1 aromatic rings. The van der Waals surface area contributed by atoms with Crippen molar-refractivity contribution in [1.29, 1.82) is 0 Å². The van der Waals surface area contributed by atoms with Gasteiger partial charge in [-0.15, -0.1) is 0 Å². The highest BCUT2D eigenvalue weighted by molar-refractivity contribution is 5.60. The van der Waals surface area contributed by atoms with Crippen molar-refractivity contribution in [3.8, 4) is 5.75 Å². The molecule has 0 fully saturated rings. The quantitative estimate of drug-likeness (QED) is 0.640. The van der Waals surface area contributed by atoms with Crippen LogP contribution in [-0.2, 0) is 6.42 Å². The lowest BCUT2D eigenvalue weighted by molar-refractivity contribution is 0.137. The summed E-state index contributed by atoms with van der Waals surface area (Å²) < 4.78 is 5.91. The number of anilines is 1. The van der Waals surface area contributed by atoms with E-state index in [1.54, 1.807) is 0 Å². The molecule has 0 saturated carbocycles. The molecule has 0 aliphatic carbocycles. The predicted octanol–water partition coefficient (Wildman–Crippen LogP) is 2.60. The van der Waals surface area contributed by atoms with Gasteiger partial charge in [-0.25, -0.2) is 0 Å². The molecule has 2 nitrogen and oxygen atoms in total. The lowest BCUT2D eigenvalue weighted by Gasteiger charge is -2.18. The number of ether oxygens (including phenoxy) is 1. The van der Waals surface area contributed by atoms with Gasteiger partial charge in [-0.1, -0.05) is 0 Å². The minimum Gasteiger partial charge on any atom is -0.487 e. The first-order valence-corrected chi connectivity index (χ1v) is 4.98. The van der Waals surface area contributed by atoms with Crippen LogP contribution in [0.3, 0.4) is 0 Å². The van der Waals surface area contributed by atoms with E-state index in [1.807, 2.05) is 13.0 Å². The fraction of sp³-hybridized carbons (Fsp3) is 0.500. The van der Waals surface area contributed by atoms with Crippen LogP contribution in [0.25, 0.3) is 0 Å². The predicted molar refractivity (Wildman–Crippen MR) is 58.7 cm³/mol. The van der Waals surface area contributed by atoms with Gasteiger partial charge < -0.3 is 10.5 Å². The molecule has 2 N–H and O–H groups in total. The number of rotatable bonds is 0. The second-order valence-corrected chi connectivity index (χ2v) is 4.74. The minimum atomic E-state index is -0.0761. The van der Waals surface area contributed by atoms with E-state index < -0.39 is 0 Å². The van der Waals surface area contributed by atoms with E-state index in [2.05, 4.69) is 20.8 Å². The van der Waals surface area contributed by atoms with Gasteiger partial charge in [-0.05, 0) is 44.9 Å². The van der Waals surface area contributed by atoms with Crippen LogP contribution in [0, 0.1) is 13.8 Å². The van der Waals surface area contributed by atoms with Gasteiger partial charge in [-0.2, -0.15) is 0 Å². The van der Waals surface area contributed by atoms with Gasteiger partial charge in [0, 0.05) is 17.7 Å². The molecule has 2 heteroatoms. The average molecular weight is 191 g/mol. The fourth-order valence-corrected chi connectivity index (χ4v) is 2.03. The third kappa shape index (κ3) is 1.26. The number of fused-ring (bicyclic) bond motifs is 1. The van der Waals surface area contributed by atoms with Crippen molar-refractivity contribution in [2.45, 2.75) is 39.7 Å². The summed E-state index contributed by atoms with van der Waals surface area (Å²) in [4.78, 5) is 0. The summed E-state index contributed by atoms with van der Waals surface area (Å²) in [6, 6.07) is 2.05. The average Bonchev–Trinajstić information content (AvgIpc) is 2.37. The molecule has 2 rings (SSSR count). The highest BCUT2D eigenvalue weighted by Gasteiger charge is 2.31. The lowest BCUT2D eigenvalue weighted by atomic mass is 9.98. The van der Waals surface area contributed by atoms with Gasteiger partial charge in [0.05, 0.1) is 0 Å². The van der Waals surface area contributed by atoms with Crippen molar-refractivity contribution in [3.05, 3.63) is 22.8 Å². The van der Waals surface area contributed by atoms with Crippen molar-refractivity contribution < 1.29 is 4.74 Å². The third-order valence-corrected chi connectivity index (χ3v) is 2.95. The second-order valence-electron chi connectivity index (χ2n) is 4.74. The van der Waals surface area contributed by atoms with Crippen LogP contribution < -0.4 is 10.5 Å². The van der Waals surface area contributed by atoms with Gasteiger partial charge >= 0.3 is 0 Å². The first-order chi connectivity index (χ1) is 6.41. The molecule has 1 heterocycles. The molecule has 14 heavy (non-hydrogen) atoms. The van der Waals surface area contributed by atoms with Crippen LogP contribution in [0.1, 0.15) is 30.5 Å². The maximum atomic E-state index is 5.93. The molecule has 0 saturated heterocycles. The largest absolute Gasteiger partial charge is 0.487 e. The van der Waals surface area contributed by atoms with Crippen LogP contribution in [0.4, 0.5) is 5.69 Å². The van der Waals surface area contributed by atoms with E-state index in [9.17, 15) is 0 Å². The first kappa shape index (κ1) is 9.38. The van der Waals surface area contributed by atoms with Crippen molar-refractivity contribution >= 4 is 5.69 Å². The number of hydrogen-bond donors (Lipinski definition) is 1. The Labute approximate surface area is 85.1 Å². The summed E-state index contributed by atoms with van der Waals surface area (Å²) in [5.41, 5.74) is 10.3. The van der Waals surface area contributed by atoms with E-state index in [1.165, 1.54) is 11.1 Å². The van der Waals surface area contributed by atoms with Crippen LogP contribution in [-0.4, -0.2) is 5.60 Å². The zero-order valence-corrected chi connectivity index (χ0v) is 9.27. The zero-order valence-electron chi connectivity index (χ0n) is 9.27. The normalized spacial score (nSPS) is 17.7. The molecule has 1 aliphatic heterocycles. The molecule has 0 radical (unpaired) electrons. The molecule has 0 spiro atoms. The van der Waals surface area contributed by atoms with Crippen LogP contribution in [0.5, 0.6) is 5.75 Å². The number of hydrogen-bond acceptors (Lipinski definition) is 2. The monoisotopic (exact) mass is 191 g/mol. The van der Waals surface area contributed by atoms with E-state index in [-0.39, 0.29) is 5.60 Å². The molecular weight excluding hydrogens is 174 g/mol. The van der Waals surface area contributed by atoms with Crippen molar-refractivity contribution in [1.82, 2.24) is 0 Å². The molecular formula is C12H17NO. The summed E-state index contributed by atoms with van der Waals surface area (Å²) in [6.07, 6.45) is 0.952. The number of benzene rings is 1. The Bertz CT molecular complexity index is 394. The minimum absolute atomic E-state index is 0.0761. The molecule has 0 aromatic heterocycles. The molecule has 76 valence electrons. The summed E-state index contributed by atoms with van der Waals surface area (Å²) in [6.45, 7) is 8.33. The van der Waals surface area contributed by atoms with E-state index in [4.69, 9.17) is 10.5 Å².